The van der Waals surface area contributed by atoms with E-state index in [0.717, 1.165) is 0 Å². The predicted molar refractivity (Wildman–Crippen MR) is 164 cm³/mol. The molecule has 0 unspecified atom stereocenters. The van der Waals surface area contributed by atoms with Crippen molar-refractivity contribution in [1.82, 2.24) is 5.32 Å². The Kier molecular flexibility index (Phi) is 13.6. The number of rotatable bonds is 3. The molecule has 4 rings (SSSR count). The van der Waals surface area contributed by atoms with E-state index < -0.39 is 22.8 Å². The number of nitrogens with two attached hydrogens (primary N) is 1. The number of thiocarbonyl (C=S) groups is 1. The number of carbonyl (C=O) groups is 2. The molecule has 0 radical (unpaired) electrons. The minimum atomic E-state index is -0.503. The summed E-state index contributed by atoms with van der Waals surface area (Å²) in [7, 11) is 0. The fourth-order valence-corrected chi connectivity index (χ4v) is 3.76. The second-order valence-electron chi connectivity index (χ2n) is 7.56. The number of benzene rings is 4. The predicted octanol–water partition coefficient (Wildman–Crippen LogP) is 9.04. The molecule has 4 aromatic carbocycles. The van der Waals surface area contributed by atoms with Crippen molar-refractivity contribution in [2.45, 2.75) is 0 Å². The number of carbonyl (C=O) groups excluding carboxylic acids is 2. The van der Waals surface area contributed by atoms with Crippen LogP contribution >= 0.6 is 70.2 Å². The van der Waals surface area contributed by atoms with Crippen molar-refractivity contribution in [2.75, 3.05) is 11.1 Å². The molecular weight excluding hydrogens is 646 g/mol. The Bertz CT molecular complexity index is 1420. The van der Waals surface area contributed by atoms with Crippen LogP contribution in [0.3, 0.4) is 0 Å². The molecule has 0 saturated carbocycles. The molecule has 0 atom stereocenters. The maximum atomic E-state index is 13.2. The van der Waals surface area contributed by atoms with E-state index in [1.807, 2.05) is 0 Å². The van der Waals surface area contributed by atoms with Gasteiger partial charge in [0.05, 0.1) is 0 Å². The maximum absolute atomic E-state index is 13.2. The minimum absolute atomic E-state index is 0.0385. The molecule has 0 saturated heterocycles. The van der Waals surface area contributed by atoms with E-state index in [4.69, 9.17) is 76.0 Å². The summed E-state index contributed by atoms with van der Waals surface area (Å²) in [6.45, 7) is 0. The SMILES string of the molecule is Nc1cc(F)cc(Cl)c1.O=C(Cl)c1ccc(Cl)cc1.O=C(NC(=S)Nc1cc(F)cc(Cl)c1)c1ccc(Cl)cc1. The Morgan fingerprint density at radius 3 is 1.60 bits per heavy atom. The Labute approximate surface area is 259 Å². The van der Waals surface area contributed by atoms with Crippen molar-refractivity contribution < 1.29 is 18.4 Å². The van der Waals surface area contributed by atoms with Crippen molar-refractivity contribution in [2.24, 2.45) is 0 Å². The molecule has 0 aliphatic carbocycles. The molecule has 13 heteroatoms. The van der Waals surface area contributed by atoms with E-state index in [1.165, 1.54) is 36.4 Å². The van der Waals surface area contributed by atoms with Crippen LogP contribution in [0.5, 0.6) is 0 Å². The number of hydrogen-bond donors (Lipinski definition) is 3. The summed E-state index contributed by atoms with van der Waals surface area (Å²) < 4.78 is 25.4. The van der Waals surface area contributed by atoms with Gasteiger partial charge in [-0.1, -0.05) is 46.4 Å². The second kappa shape index (κ2) is 16.3. The number of halogens is 7. The molecule has 1 amide bonds. The Morgan fingerprint density at radius 1 is 0.675 bits per heavy atom. The van der Waals surface area contributed by atoms with E-state index in [9.17, 15) is 18.4 Å². The van der Waals surface area contributed by atoms with E-state index in [-0.39, 0.29) is 10.1 Å². The van der Waals surface area contributed by atoms with Gasteiger partial charge in [0.2, 0.25) is 0 Å². The molecule has 4 aromatic rings. The van der Waals surface area contributed by atoms with Crippen LogP contribution < -0.4 is 16.4 Å². The van der Waals surface area contributed by atoms with Crippen molar-refractivity contribution in [1.29, 1.82) is 0 Å². The standard InChI is InChI=1S/C14H9Cl2FN2OS.C7H4Cl2O.C6H5ClFN/c15-9-3-1-8(2-4-9)13(20)19-14(21)18-12-6-10(16)5-11(17)7-12;8-6-3-1-5(2-4-6)7(9)10;7-4-1-5(8)3-6(9)2-4/h1-7H,(H2,18,19,20,21);1-4H;1-3H,9H2. The molecule has 0 fully saturated rings. The summed E-state index contributed by atoms with van der Waals surface area (Å²) >= 11 is 32.6. The quantitative estimate of drug-likeness (QED) is 0.116. The molecule has 0 aromatic heterocycles. The van der Waals surface area contributed by atoms with Crippen LogP contribution in [-0.2, 0) is 0 Å². The van der Waals surface area contributed by atoms with Gasteiger partial charge in [-0.05, 0) is 109 Å². The van der Waals surface area contributed by atoms with Gasteiger partial charge < -0.3 is 11.1 Å². The van der Waals surface area contributed by atoms with Gasteiger partial charge in [0.15, 0.2) is 5.11 Å². The molecule has 208 valence electrons. The van der Waals surface area contributed by atoms with Crippen LogP contribution in [0.15, 0.2) is 84.9 Å². The molecule has 0 bridgehead atoms. The molecule has 0 aliphatic rings. The van der Waals surface area contributed by atoms with Gasteiger partial charge in [0, 0.05) is 42.6 Å². The zero-order valence-corrected chi connectivity index (χ0v) is 24.6. The van der Waals surface area contributed by atoms with Crippen LogP contribution in [-0.4, -0.2) is 16.3 Å². The largest absolute Gasteiger partial charge is 0.399 e. The van der Waals surface area contributed by atoms with E-state index >= 15 is 0 Å². The highest BCUT2D eigenvalue weighted by Crippen LogP contribution is 2.18. The number of nitrogen functional groups attached to an aromatic ring is 1. The number of amides is 1. The van der Waals surface area contributed by atoms with E-state index in [1.54, 1.807) is 48.5 Å². The third-order valence-corrected chi connectivity index (χ3v) is 5.77. The van der Waals surface area contributed by atoms with E-state index in [0.29, 0.717) is 37.6 Å². The highest BCUT2D eigenvalue weighted by atomic mass is 35.5. The Morgan fingerprint density at radius 2 is 1.15 bits per heavy atom. The summed E-state index contributed by atoms with van der Waals surface area (Å²) in [4.78, 5) is 22.4. The summed E-state index contributed by atoms with van der Waals surface area (Å²) in [5.74, 6) is -1.30. The lowest BCUT2D eigenvalue weighted by Crippen LogP contribution is -2.34. The Hall–Kier alpha value is -2.98. The third kappa shape index (κ3) is 12.5. The zero-order chi connectivity index (χ0) is 29.8. The van der Waals surface area contributed by atoms with Gasteiger partial charge in [-0.3, -0.25) is 14.9 Å². The smallest absolute Gasteiger partial charge is 0.257 e. The highest BCUT2D eigenvalue weighted by molar-refractivity contribution is 7.80. The summed E-state index contributed by atoms with van der Waals surface area (Å²) in [6, 6.07) is 20.5. The molecule has 40 heavy (non-hydrogen) atoms. The second-order valence-corrected chi connectivity index (χ2v) is 10.1. The number of hydrogen-bond acceptors (Lipinski definition) is 4. The van der Waals surface area contributed by atoms with Crippen molar-refractivity contribution in [3.05, 3.63) is 128 Å². The molecule has 0 aliphatic heterocycles. The lowest BCUT2D eigenvalue weighted by Gasteiger charge is -2.10. The van der Waals surface area contributed by atoms with Crippen LogP contribution in [0.25, 0.3) is 0 Å². The number of nitrogens with one attached hydrogen (secondary N) is 2. The average Bonchev–Trinajstić information content (AvgIpc) is 2.84. The molecular formula is C27H18Cl5F2N3O2S. The normalized spacial score (nSPS) is 9.78. The van der Waals surface area contributed by atoms with Gasteiger partial charge in [0.25, 0.3) is 11.1 Å². The molecule has 5 nitrogen and oxygen atoms in total. The topological polar surface area (TPSA) is 84.2 Å². The lowest BCUT2D eigenvalue weighted by atomic mass is 10.2. The first-order chi connectivity index (χ1) is 18.8. The van der Waals surface area contributed by atoms with Crippen molar-refractivity contribution in [3.8, 4) is 0 Å². The molecule has 0 heterocycles. The van der Waals surface area contributed by atoms with Crippen LogP contribution in [0, 0.1) is 11.6 Å². The minimum Gasteiger partial charge on any atom is -0.399 e. The van der Waals surface area contributed by atoms with Gasteiger partial charge in [0.1, 0.15) is 11.6 Å². The van der Waals surface area contributed by atoms with Crippen molar-refractivity contribution >= 4 is 97.9 Å². The summed E-state index contributed by atoms with van der Waals surface area (Å²) in [5.41, 5.74) is 6.80. The third-order valence-electron chi connectivity index (χ3n) is 4.41. The fourth-order valence-electron chi connectivity index (χ4n) is 2.72. The van der Waals surface area contributed by atoms with Gasteiger partial charge in [-0.15, -0.1) is 0 Å². The van der Waals surface area contributed by atoms with Gasteiger partial charge in [-0.25, -0.2) is 8.78 Å². The van der Waals surface area contributed by atoms with Crippen molar-refractivity contribution in [3.63, 3.8) is 0 Å². The number of anilines is 2. The lowest BCUT2D eigenvalue weighted by molar-refractivity contribution is 0.0977. The molecule has 4 N–H and O–H groups in total. The van der Waals surface area contributed by atoms with Crippen LogP contribution in [0.2, 0.25) is 20.1 Å². The maximum Gasteiger partial charge on any atom is 0.257 e. The van der Waals surface area contributed by atoms with Gasteiger partial charge in [-0.2, -0.15) is 0 Å². The fraction of sp³-hybridized carbons (Fsp3) is 0. The zero-order valence-electron chi connectivity index (χ0n) is 20.0. The Balaban J connectivity index is 0.000000243. The first-order valence-corrected chi connectivity index (χ1v) is 13.1. The summed E-state index contributed by atoms with van der Waals surface area (Å²) in [6.07, 6.45) is 0. The van der Waals surface area contributed by atoms with Crippen LogP contribution in [0.4, 0.5) is 20.2 Å². The summed E-state index contributed by atoms with van der Waals surface area (Å²) in [5, 5.41) is 6.42. The molecule has 0 spiro atoms. The van der Waals surface area contributed by atoms with Gasteiger partial charge >= 0.3 is 0 Å². The first-order valence-electron chi connectivity index (χ1n) is 10.8. The van der Waals surface area contributed by atoms with Crippen LogP contribution in [0.1, 0.15) is 20.7 Å². The van der Waals surface area contributed by atoms with E-state index in [2.05, 4.69) is 10.6 Å². The first kappa shape index (κ1) is 33.2. The monoisotopic (exact) mass is 661 g/mol. The average molecular weight is 664 g/mol. The highest BCUT2D eigenvalue weighted by Gasteiger charge is 2.08.